The molecule has 0 amide bonds. The molecule has 0 unspecified atom stereocenters. The fourth-order valence-electron chi connectivity index (χ4n) is 1.18. The van der Waals surface area contributed by atoms with E-state index in [1.165, 1.54) is 0 Å². The molecule has 1 aromatic carbocycles. The minimum Gasteiger partial charge on any atom is -0.392 e. The number of halogens is 1. The maximum absolute atomic E-state index is 9.03. The van der Waals surface area contributed by atoms with E-state index in [0.29, 0.717) is 0 Å². The summed E-state index contributed by atoms with van der Waals surface area (Å²) in [7, 11) is 0. The molecule has 0 spiro atoms. The maximum Gasteiger partial charge on any atom is 0.0688 e. The molecular formula is C10H11BrO. The molecule has 12 heavy (non-hydrogen) atoms. The molecule has 1 aromatic rings. The van der Waals surface area contributed by atoms with Gasteiger partial charge in [0.15, 0.2) is 0 Å². The van der Waals surface area contributed by atoms with Crippen LogP contribution in [0.15, 0.2) is 29.3 Å². The summed E-state index contributed by atoms with van der Waals surface area (Å²) in [6.07, 6.45) is 0. The molecule has 0 fully saturated rings. The first-order valence-electron chi connectivity index (χ1n) is 3.71. The predicted molar refractivity (Wildman–Crippen MR) is 54.8 cm³/mol. The van der Waals surface area contributed by atoms with Gasteiger partial charge in [-0.3, -0.25) is 0 Å². The lowest BCUT2D eigenvalue weighted by Crippen LogP contribution is -1.91. The zero-order chi connectivity index (χ0) is 9.14. The van der Waals surface area contributed by atoms with Gasteiger partial charge in [0.1, 0.15) is 0 Å². The molecule has 0 aliphatic rings. The molecule has 0 bridgehead atoms. The fraction of sp³-hybridized carbons (Fsp3) is 0.200. The van der Waals surface area contributed by atoms with E-state index in [2.05, 4.69) is 22.5 Å². The molecule has 1 nitrogen and oxygen atoms in total. The minimum atomic E-state index is 0.0572. The average Bonchev–Trinajstić information content (AvgIpc) is 2.03. The highest BCUT2D eigenvalue weighted by Gasteiger charge is 2.05. The van der Waals surface area contributed by atoms with Crippen LogP contribution >= 0.6 is 15.9 Å². The average molecular weight is 227 g/mol. The number of aliphatic hydroxyl groups excluding tert-OH is 1. The van der Waals surface area contributed by atoms with Gasteiger partial charge in [0.25, 0.3) is 0 Å². The first-order chi connectivity index (χ1) is 5.66. The SMILES string of the molecule is C=C(C)c1c(Br)cccc1CO. The Balaban J connectivity index is 3.29. The third-order valence-electron chi connectivity index (χ3n) is 1.70. The van der Waals surface area contributed by atoms with Gasteiger partial charge in [-0.2, -0.15) is 0 Å². The highest BCUT2D eigenvalue weighted by Crippen LogP contribution is 2.26. The minimum absolute atomic E-state index is 0.0572. The first kappa shape index (κ1) is 9.49. The monoisotopic (exact) mass is 226 g/mol. The van der Waals surface area contributed by atoms with E-state index < -0.39 is 0 Å². The molecule has 64 valence electrons. The Hall–Kier alpha value is -0.600. The molecule has 0 aromatic heterocycles. The first-order valence-corrected chi connectivity index (χ1v) is 4.50. The third-order valence-corrected chi connectivity index (χ3v) is 2.36. The molecule has 0 saturated carbocycles. The van der Waals surface area contributed by atoms with Crippen molar-refractivity contribution in [2.24, 2.45) is 0 Å². The summed E-state index contributed by atoms with van der Waals surface area (Å²) < 4.78 is 0.988. The molecule has 0 aliphatic heterocycles. The van der Waals surface area contributed by atoms with Gasteiger partial charge in [-0.05, 0) is 29.7 Å². The van der Waals surface area contributed by atoms with Crippen molar-refractivity contribution in [2.45, 2.75) is 13.5 Å². The largest absolute Gasteiger partial charge is 0.392 e. The highest BCUT2D eigenvalue weighted by atomic mass is 79.9. The van der Waals surface area contributed by atoms with E-state index in [4.69, 9.17) is 5.11 Å². The van der Waals surface area contributed by atoms with Crippen LogP contribution in [0.25, 0.3) is 5.57 Å². The van der Waals surface area contributed by atoms with Crippen LogP contribution in [0.5, 0.6) is 0 Å². The van der Waals surface area contributed by atoms with Crippen molar-refractivity contribution in [3.63, 3.8) is 0 Å². The van der Waals surface area contributed by atoms with Gasteiger partial charge in [-0.25, -0.2) is 0 Å². The molecule has 0 heterocycles. The van der Waals surface area contributed by atoms with Crippen molar-refractivity contribution < 1.29 is 5.11 Å². The predicted octanol–water partition coefficient (Wildman–Crippen LogP) is 2.97. The lowest BCUT2D eigenvalue weighted by atomic mass is 10.0. The van der Waals surface area contributed by atoms with Crippen LogP contribution < -0.4 is 0 Å². The summed E-state index contributed by atoms with van der Waals surface area (Å²) in [6, 6.07) is 5.75. The molecule has 1 rings (SSSR count). The number of hydrogen-bond donors (Lipinski definition) is 1. The second-order valence-electron chi connectivity index (χ2n) is 2.71. The molecule has 2 heteroatoms. The second kappa shape index (κ2) is 3.87. The Morgan fingerprint density at radius 1 is 1.58 bits per heavy atom. The van der Waals surface area contributed by atoms with Crippen LogP contribution in [0.1, 0.15) is 18.1 Å². The van der Waals surface area contributed by atoms with Crippen LogP contribution in [0, 0.1) is 0 Å². The summed E-state index contributed by atoms with van der Waals surface area (Å²) in [5.41, 5.74) is 2.89. The Bertz CT molecular complexity index is 305. The van der Waals surface area contributed by atoms with Crippen molar-refractivity contribution in [1.82, 2.24) is 0 Å². The van der Waals surface area contributed by atoms with Crippen LogP contribution in [-0.2, 0) is 6.61 Å². The van der Waals surface area contributed by atoms with Gasteiger partial charge in [-0.15, -0.1) is 0 Å². The third kappa shape index (κ3) is 1.76. The van der Waals surface area contributed by atoms with E-state index in [1.54, 1.807) is 0 Å². The Labute approximate surface area is 80.9 Å². The molecular weight excluding hydrogens is 216 g/mol. The highest BCUT2D eigenvalue weighted by molar-refractivity contribution is 9.10. The number of allylic oxidation sites excluding steroid dienone is 1. The molecule has 1 N–H and O–H groups in total. The van der Waals surface area contributed by atoms with Crippen molar-refractivity contribution in [3.8, 4) is 0 Å². The fourth-order valence-corrected chi connectivity index (χ4v) is 1.92. The number of hydrogen-bond acceptors (Lipinski definition) is 1. The quantitative estimate of drug-likeness (QED) is 0.823. The molecule has 0 atom stereocenters. The summed E-state index contributed by atoms with van der Waals surface area (Å²) in [5.74, 6) is 0. The Kier molecular flexibility index (Phi) is 3.06. The van der Waals surface area contributed by atoms with Crippen molar-refractivity contribution in [1.29, 1.82) is 0 Å². The van der Waals surface area contributed by atoms with Gasteiger partial charge < -0.3 is 5.11 Å². The van der Waals surface area contributed by atoms with Crippen molar-refractivity contribution >= 4 is 21.5 Å². The molecule has 0 saturated heterocycles. The molecule has 0 aliphatic carbocycles. The lowest BCUT2D eigenvalue weighted by Gasteiger charge is -2.08. The van der Waals surface area contributed by atoms with E-state index in [0.717, 1.165) is 21.2 Å². The lowest BCUT2D eigenvalue weighted by molar-refractivity contribution is 0.281. The van der Waals surface area contributed by atoms with E-state index >= 15 is 0 Å². The number of rotatable bonds is 2. The standard InChI is InChI=1S/C10H11BrO/c1-7(2)10-8(6-12)4-3-5-9(10)11/h3-5,12H,1,6H2,2H3. The zero-order valence-electron chi connectivity index (χ0n) is 6.97. The topological polar surface area (TPSA) is 20.2 Å². The van der Waals surface area contributed by atoms with Crippen LogP contribution in [0.4, 0.5) is 0 Å². The summed E-state index contributed by atoms with van der Waals surface area (Å²) in [5, 5.41) is 9.03. The van der Waals surface area contributed by atoms with Gasteiger partial charge in [-0.1, -0.05) is 34.6 Å². The van der Waals surface area contributed by atoms with Gasteiger partial charge in [0.2, 0.25) is 0 Å². The van der Waals surface area contributed by atoms with Crippen molar-refractivity contribution in [3.05, 3.63) is 40.4 Å². The summed E-state index contributed by atoms with van der Waals surface area (Å²) in [6.45, 7) is 5.84. The normalized spacial score (nSPS) is 9.92. The van der Waals surface area contributed by atoms with Crippen LogP contribution in [0.2, 0.25) is 0 Å². The Morgan fingerprint density at radius 3 is 2.67 bits per heavy atom. The summed E-state index contributed by atoms with van der Waals surface area (Å²) in [4.78, 5) is 0. The van der Waals surface area contributed by atoms with Gasteiger partial charge in [0.05, 0.1) is 6.61 Å². The van der Waals surface area contributed by atoms with E-state index in [9.17, 15) is 0 Å². The smallest absolute Gasteiger partial charge is 0.0688 e. The maximum atomic E-state index is 9.03. The van der Waals surface area contributed by atoms with E-state index in [1.807, 2.05) is 25.1 Å². The number of benzene rings is 1. The second-order valence-corrected chi connectivity index (χ2v) is 3.57. The van der Waals surface area contributed by atoms with E-state index in [-0.39, 0.29) is 6.61 Å². The van der Waals surface area contributed by atoms with Crippen LogP contribution in [0.3, 0.4) is 0 Å². The zero-order valence-corrected chi connectivity index (χ0v) is 8.56. The molecule has 0 radical (unpaired) electrons. The Morgan fingerprint density at radius 2 is 2.25 bits per heavy atom. The summed E-state index contributed by atoms with van der Waals surface area (Å²) >= 11 is 3.42. The van der Waals surface area contributed by atoms with Crippen LogP contribution in [-0.4, -0.2) is 5.11 Å². The van der Waals surface area contributed by atoms with Gasteiger partial charge in [0, 0.05) is 4.47 Å². The van der Waals surface area contributed by atoms with Crippen molar-refractivity contribution in [2.75, 3.05) is 0 Å². The van der Waals surface area contributed by atoms with Gasteiger partial charge >= 0.3 is 0 Å². The number of aliphatic hydroxyl groups is 1.